The molecule has 0 unspecified atom stereocenters. The number of hydrogen-bond acceptors (Lipinski definition) is 0. The first-order chi connectivity index (χ1) is 9.20. The normalized spacial score (nSPS) is 12.1. The van der Waals surface area contributed by atoms with Crippen LogP contribution in [0.1, 0.15) is 38.8 Å². The van der Waals surface area contributed by atoms with E-state index in [1.807, 2.05) is 39.0 Å². The number of aryl methyl sites for hydroxylation is 1. The smallest absolute Gasteiger partial charge is 0.0152 e. The zero-order valence-electron chi connectivity index (χ0n) is 12.9. The Labute approximate surface area is 118 Å². The summed E-state index contributed by atoms with van der Waals surface area (Å²) in [7, 11) is 0. The summed E-state index contributed by atoms with van der Waals surface area (Å²) in [4.78, 5) is 0. The molecule has 0 N–H and O–H groups in total. The predicted octanol–water partition coefficient (Wildman–Crippen LogP) is 6.11. The Morgan fingerprint density at radius 1 is 1.11 bits per heavy atom. The third-order valence-corrected chi connectivity index (χ3v) is 2.73. The second-order valence-electron chi connectivity index (χ2n) is 4.00. The lowest BCUT2D eigenvalue weighted by molar-refractivity contribution is 1.40. The molecule has 0 atom stereocenters. The molecule has 0 amide bonds. The van der Waals surface area contributed by atoms with E-state index in [0.717, 1.165) is 0 Å². The summed E-state index contributed by atoms with van der Waals surface area (Å²) in [6.07, 6.45) is 10.2. The molecule has 0 aliphatic carbocycles. The molecule has 19 heavy (non-hydrogen) atoms. The highest BCUT2D eigenvalue weighted by atomic mass is 14.1. The van der Waals surface area contributed by atoms with Crippen LogP contribution in [0.4, 0.5) is 0 Å². The van der Waals surface area contributed by atoms with E-state index in [9.17, 15) is 0 Å². The first-order valence-corrected chi connectivity index (χ1v) is 6.89. The van der Waals surface area contributed by atoms with Gasteiger partial charge in [-0.25, -0.2) is 0 Å². The van der Waals surface area contributed by atoms with Gasteiger partial charge in [-0.3, -0.25) is 0 Å². The zero-order valence-corrected chi connectivity index (χ0v) is 12.9. The van der Waals surface area contributed by atoms with Gasteiger partial charge in [0.2, 0.25) is 0 Å². The molecule has 0 spiro atoms. The van der Waals surface area contributed by atoms with Gasteiger partial charge in [-0.2, -0.15) is 0 Å². The average Bonchev–Trinajstić information content (AvgIpc) is 2.46. The lowest BCUT2D eigenvalue weighted by Crippen LogP contribution is -1.88. The van der Waals surface area contributed by atoms with Crippen molar-refractivity contribution in [3.05, 3.63) is 77.9 Å². The summed E-state index contributed by atoms with van der Waals surface area (Å²) < 4.78 is 0. The van der Waals surface area contributed by atoms with Gasteiger partial charge in [-0.1, -0.05) is 75.1 Å². The Bertz CT molecular complexity index is 471. The second-order valence-corrected chi connectivity index (χ2v) is 4.00. The zero-order chi connectivity index (χ0) is 14.7. The number of hydrogen-bond donors (Lipinski definition) is 0. The molecule has 0 aliphatic rings. The monoisotopic (exact) mass is 254 g/mol. The Morgan fingerprint density at radius 2 is 1.74 bits per heavy atom. The van der Waals surface area contributed by atoms with Gasteiger partial charge < -0.3 is 0 Å². The van der Waals surface area contributed by atoms with E-state index in [-0.39, 0.29) is 0 Å². The van der Waals surface area contributed by atoms with Crippen LogP contribution in [-0.4, -0.2) is 0 Å². The highest BCUT2D eigenvalue weighted by Gasteiger charge is 2.03. The molecule has 0 heterocycles. The standard InChI is InChI=1S/C17H20.C2H6/c1-5-7-8-12-16(14(3)6-2)17-13-10-9-11-15(17)4;1-2/h5-13H,2H2,1,3-4H3;1-2H3/b7-5-,12-8-,16-14+;. The number of rotatable bonds is 4. The third kappa shape index (κ3) is 5.56. The second kappa shape index (κ2) is 10.1. The fraction of sp³-hybridized carbons (Fsp3) is 0.263. The van der Waals surface area contributed by atoms with Crippen molar-refractivity contribution in [3.63, 3.8) is 0 Å². The molecular formula is C19H26. The molecule has 1 aromatic carbocycles. The van der Waals surface area contributed by atoms with E-state index in [1.54, 1.807) is 0 Å². The van der Waals surface area contributed by atoms with Crippen LogP contribution >= 0.6 is 0 Å². The summed E-state index contributed by atoms with van der Waals surface area (Å²) in [6.45, 7) is 14.1. The van der Waals surface area contributed by atoms with Crippen LogP contribution in [0.15, 0.2) is 66.8 Å². The molecule has 0 saturated heterocycles. The highest BCUT2D eigenvalue weighted by Crippen LogP contribution is 2.24. The molecule has 0 nitrogen and oxygen atoms in total. The molecule has 1 aromatic rings. The summed E-state index contributed by atoms with van der Waals surface area (Å²) >= 11 is 0. The van der Waals surface area contributed by atoms with Gasteiger partial charge in [0.25, 0.3) is 0 Å². The molecule has 0 fully saturated rings. The molecule has 0 bridgehead atoms. The van der Waals surface area contributed by atoms with E-state index in [0.29, 0.717) is 0 Å². The van der Waals surface area contributed by atoms with Gasteiger partial charge in [0, 0.05) is 0 Å². The van der Waals surface area contributed by atoms with Crippen molar-refractivity contribution in [1.29, 1.82) is 0 Å². The lowest BCUT2D eigenvalue weighted by atomic mass is 9.96. The first kappa shape index (κ1) is 17.2. The van der Waals surface area contributed by atoms with Gasteiger partial charge in [0.05, 0.1) is 0 Å². The minimum Gasteiger partial charge on any atom is -0.0988 e. The fourth-order valence-electron chi connectivity index (χ4n) is 1.68. The van der Waals surface area contributed by atoms with Crippen LogP contribution in [0.2, 0.25) is 0 Å². The molecule has 0 heteroatoms. The summed E-state index contributed by atoms with van der Waals surface area (Å²) in [6, 6.07) is 8.42. The molecule has 0 radical (unpaired) electrons. The van der Waals surface area contributed by atoms with E-state index in [1.165, 1.54) is 22.3 Å². The Morgan fingerprint density at radius 3 is 2.26 bits per heavy atom. The molecular weight excluding hydrogens is 228 g/mol. The average molecular weight is 254 g/mol. The van der Waals surface area contributed by atoms with Gasteiger partial charge in [0.1, 0.15) is 0 Å². The lowest BCUT2D eigenvalue weighted by Gasteiger charge is -2.09. The fourth-order valence-corrected chi connectivity index (χ4v) is 1.68. The topological polar surface area (TPSA) is 0 Å². The minimum absolute atomic E-state index is 1.19. The molecule has 102 valence electrons. The van der Waals surface area contributed by atoms with Crippen molar-refractivity contribution in [2.24, 2.45) is 0 Å². The van der Waals surface area contributed by atoms with Crippen LogP contribution in [0, 0.1) is 6.92 Å². The van der Waals surface area contributed by atoms with Gasteiger partial charge in [0.15, 0.2) is 0 Å². The predicted molar refractivity (Wildman–Crippen MR) is 89.3 cm³/mol. The first-order valence-electron chi connectivity index (χ1n) is 6.89. The molecule has 0 saturated carbocycles. The van der Waals surface area contributed by atoms with Crippen LogP contribution in [-0.2, 0) is 0 Å². The van der Waals surface area contributed by atoms with Crippen LogP contribution < -0.4 is 0 Å². The van der Waals surface area contributed by atoms with E-state index in [2.05, 4.69) is 56.8 Å². The maximum atomic E-state index is 3.86. The van der Waals surface area contributed by atoms with Crippen LogP contribution in [0.25, 0.3) is 5.57 Å². The molecule has 0 aromatic heterocycles. The largest absolute Gasteiger partial charge is 0.0988 e. The van der Waals surface area contributed by atoms with Crippen molar-refractivity contribution >= 4 is 5.57 Å². The summed E-state index contributed by atoms with van der Waals surface area (Å²) in [5.74, 6) is 0. The quantitative estimate of drug-likeness (QED) is 0.568. The van der Waals surface area contributed by atoms with Crippen molar-refractivity contribution in [2.75, 3.05) is 0 Å². The van der Waals surface area contributed by atoms with Crippen molar-refractivity contribution in [3.8, 4) is 0 Å². The minimum atomic E-state index is 1.19. The van der Waals surface area contributed by atoms with Crippen molar-refractivity contribution in [2.45, 2.75) is 34.6 Å². The van der Waals surface area contributed by atoms with Gasteiger partial charge >= 0.3 is 0 Å². The van der Waals surface area contributed by atoms with E-state index in [4.69, 9.17) is 0 Å². The van der Waals surface area contributed by atoms with Crippen molar-refractivity contribution in [1.82, 2.24) is 0 Å². The Kier molecular flexibility index (Phi) is 9.16. The van der Waals surface area contributed by atoms with Crippen LogP contribution in [0.3, 0.4) is 0 Å². The Balaban J connectivity index is 0.00000154. The SMILES string of the molecule is C=C\C(C)=C(/C=C\C=C/C)c1ccccc1C.CC. The van der Waals surface area contributed by atoms with E-state index >= 15 is 0 Å². The number of benzene rings is 1. The third-order valence-electron chi connectivity index (χ3n) is 2.73. The molecule has 1 rings (SSSR count). The maximum Gasteiger partial charge on any atom is -0.0152 e. The summed E-state index contributed by atoms with van der Waals surface area (Å²) in [5.41, 5.74) is 4.98. The van der Waals surface area contributed by atoms with Crippen LogP contribution in [0.5, 0.6) is 0 Å². The maximum absolute atomic E-state index is 3.86. The summed E-state index contributed by atoms with van der Waals surface area (Å²) in [5, 5.41) is 0. The van der Waals surface area contributed by atoms with Crippen molar-refractivity contribution < 1.29 is 0 Å². The molecule has 0 aliphatic heterocycles. The van der Waals surface area contributed by atoms with Gasteiger partial charge in [-0.05, 0) is 43.0 Å². The van der Waals surface area contributed by atoms with Gasteiger partial charge in [-0.15, -0.1) is 0 Å². The highest BCUT2D eigenvalue weighted by molar-refractivity contribution is 5.79. The van der Waals surface area contributed by atoms with E-state index < -0.39 is 0 Å². The Hall–Kier alpha value is -1.82. The number of allylic oxidation sites excluding steroid dienone is 7.